The van der Waals surface area contributed by atoms with Crippen molar-refractivity contribution >= 4 is 27.3 Å². The summed E-state index contributed by atoms with van der Waals surface area (Å²) in [5.41, 5.74) is 2.30. The predicted molar refractivity (Wildman–Crippen MR) is 99.3 cm³/mol. The van der Waals surface area contributed by atoms with E-state index >= 15 is 0 Å². The largest absolute Gasteiger partial charge is 0.312 e. The van der Waals surface area contributed by atoms with Crippen LogP contribution in [0.25, 0.3) is 0 Å². The summed E-state index contributed by atoms with van der Waals surface area (Å²) >= 11 is 0. The van der Waals surface area contributed by atoms with Gasteiger partial charge in [-0.3, -0.25) is 9.52 Å². The highest BCUT2D eigenvalue weighted by atomic mass is 32.2. The summed E-state index contributed by atoms with van der Waals surface area (Å²) in [6.07, 6.45) is 3.32. The van der Waals surface area contributed by atoms with Crippen LogP contribution < -0.4 is 9.62 Å². The number of aryl methyl sites for hydroxylation is 1. The lowest BCUT2D eigenvalue weighted by molar-refractivity contribution is -0.117. The Bertz CT molecular complexity index is 860. The molecule has 0 unspecified atom stereocenters. The van der Waals surface area contributed by atoms with Gasteiger partial charge in [-0.1, -0.05) is 31.5 Å². The fourth-order valence-electron chi connectivity index (χ4n) is 3.00. The van der Waals surface area contributed by atoms with Crippen molar-refractivity contribution in [2.75, 3.05) is 16.2 Å². The van der Waals surface area contributed by atoms with Crippen LogP contribution in [0.1, 0.15) is 31.7 Å². The topological polar surface area (TPSA) is 66.5 Å². The molecule has 0 spiro atoms. The quantitative estimate of drug-likeness (QED) is 0.858. The van der Waals surface area contributed by atoms with Crippen molar-refractivity contribution in [3.05, 3.63) is 54.1 Å². The van der Waals surface area contributed by atoms with Crippen LogP contribution in [-0.2, 0) is 21.2 Å². The van der Waals surface area contributed by atoms with E-state index in [9.17, 15) is 13.2 Å². The second kappa shape index (κ2) is 7.27. The van der Waals surface area contributed by atoms with Crippen LogP contribution in [0, 0.1) is 0 Å². The Balaban J connectivity index is 1.79. The van der Waals surface area contributed by atoms with E-state index in [-0.39, 0.29) is 10.8 Å². The zero-order valence-corrected chi connectivity index (χ0v) is 15.1. The first-order valence-corrected chi connectivity index (χ1v) is 10.00. The summed E-state index contributed by atoms with van der Waals surface area (Å²) in [5.74, 6) is 0.0755. The molecule has 1 fully saturated rings. The number of carbonyl (C=O) groups excluding carboxylic acids is 1. The van der Waals surface area contributed by atoms with Crippen molar-refractivity contribution in [1.82, 2.24) is 0 Å². The average molecular weight is 358 g/mol. The van der Waals surface area contributed by atoms with Crippen LogP contribution >= 0.6 is 0 Å². The fraction of sp³-hybridized carbons (Fsp3) is 0.316. The van der Waals surface area contributed by atoms with Crippen molar-refractivity contribution < 1.29 is 13.2 Å². The maximum Gasteiger partial charge on any atom is 0.261 e. The van der Waals surface area contributed by atoms with Gasteiger partial charge < -0.3 is 4.90 Å². The summed E-state index contributed by atoms with van der Waals surface area (Å²) in [6, 6.07) is 13.9. The number of hydrogen-bond donors (Lipinski definition) is 1. The Morgan fingerprint density at radius 2 is 1.88 bits per heavy atom. The number of hydrogen-bond acceptors (Lipinski definition) is 3. The van der Waals surface area contributed by atoms with Crippen LogP contribution in [0.4, 0.5) is 11.4 Å². The van der Waals surface area contributed by atoms with E-state index in [4.69, 9.17) is 0 Å². The molecule has 6 heteroatoms. The van der Waals surface area contributed by atoms with E-state index in [1.165, 1.54) is 0 Å². The number of carbonyl (C=O) groups is 1. The van der Waals surface area contributed by atoms with Gasteiger partial charge in [-0.15, -0.1) is 0 Å². The molecule has 1 saturated heterocycles. The first-order valence-electron chi connectivity index (χ1n) is 8.52. The minimum Gasteiger partial charge on any atom is -0.312 e. The molecule has 1 N–H and O–H groups in total. The average Bonchev–Trinajstić information content (AvgIpc) is 3.02. The molecule has 0 bridgehead atoms. The first-order chi connectivity index (χ1) is 12.0. The number of rotatable bonds is 6. The molecular weight excluding hydrogens is 336 g/mol. The molecule has 0 saturated carbocycles. The minimum atomic E-state index is -3.65. The normalized spacial score (nSPS) is 14.8. The van der Waals surface area contributed by atoms with Gasteiger partial charge in [0.1, 0.15) is 0 Å². The Morgan fingerprint density at radius 1 is 1.12 bits per heavy atom. The van der Waals surface area contributed by atoms with Gasteiger partial charge in [0.15, 0.2) is 0 Å². The van der Waals surface area contributed by atoms with E-state index in [0.29, 0.717) is 18.7 Å². The number of benzene rings is 2. The first kappa shape index (κ1) is 17.5. The van der Waals surface area contributed by atoms with Crippen molar-refractivity contribution in [1.29, 1.82) is 0 Å². The molecule has 0 radical (unpaired) electrons. The van der Waals surface area contributed by atoms with Gasteiger partial charge in [0.05, 0.1) is 10.6 Å². The van der Waals surface area contributed by atoms with Crippen LogP contribution in [0.5, 0.6) is 0 Å². The van der Waals surface area contributed by atoms with Crippen LogP contribution in [0.15, 0.2) is 53.4 Å². The molecule has 1 aliphatic heterocycles. The third kappa shape index (κ3) is 4.02. The molecule has 25 heavy (non-hydrogen) atoms. The Kier molecular flexibility index (Phi) is 5.08. The van der Waals surface area contributed by atoms with Gasteiger partial charge in [-0.2, -0.15) is 0 Å². The number of amides is 1. The third-order valence-corrected chi connectivity index (χ3v) is 5.65. The van der Waals surface area contributed by atoms with E-state index in [2.05, 4.69) is 11.6 Å². The summed E-state index contributed by atoms with van der Waals surface area (Å²) in [7, 11) is -3.65. The Morgan fingerprint density at radius 3 is 2.52 bits per heavy atom. The summed E-state index contributed by atoms with van der Waals surface area (Å²) < 4.78 is 27.8. The molecular formula is C19H22N2O3S. The second-order valence-electron chi connectivity index (χ2n) is 6.20. The molecule has 1 aliphatic rings. The summed E-state index contributed by atoms with van der Waals surface area (Å²) in [4.78, 5) is 13.8. The second-order valence-corrected chi connectivity index (χ2v) is 7.88. The SMILES string of the molecule is CCCc1ccc(S(=O)(=O)Nc2cccc(N3CCCC3=O)c2)cc1. The smallest absolute Gasteiger partial charge is 0.261 e. The lowest BCUT2D eigenvalue weighted by Crippen LogP contribution is -2.23. The van der Waals surface area contributed by atoms with Gasteiger partial charge in [0, 0.05) is 18.7 Å². The van der Waals surface area contributed by atoms with Crippen LogP contribution in [0.2, 0.25) is 0 Å². The van der Waals surface area contributed by atoms with Crippen molar-refractivity contribution in [2.45, 2.75) is 37.5 Å². The molecule has 3 rings (SSSR count). The molecule has 132 valence electrons. The van der Waals surface area contributed by atoms with Gasteiger partial charge in [-0.05, 0) is 48.7 Å². The molecule has 0 aromatic heterocycles. The lowest BCUT2D eigenvalue weighted by atomic mass is 10.1. The highest BCUT2D eigenvalue weighted by molar-refractivity contribution is 7.92. The minimum absolute atomic E-state index is 0.0755. The predicted octanol–water partition coefficient (Wildman–Crippen LogP) is 3.57. The van der Waals surface area contributed by atoms with E-state index in [1.54, 1.807) is 35.2 Å². The van der Waals surface area contributed by atoms with E-state index < -0.39 is 10.0 Å². The van der Waals surface area contributed by atoms with Crippen molar-refractivity contribution in [2.24, 2.45) is 0 Å². The van der Waals surface area contributed by atoms with Gasteiger partial charge in [0.2, 0.25) is 5.91 Å². The standard InChI is InChI=1S/C19H22N2O3S/c1-2-5-15-9-11-18(12-10-15)25(23,24)20-16-6-3-7-17(14-16)21-13-4-8-19(21)22/h3,6-7,9-12,14,20H,2,4-5,8,13H2,1H3. The number of anilines is 2. The number of nitrogens with one attached hydrogen (secondary N) is 1. The molecule has 1 amide bonds. The van der Waals surface area contributed by atoms with Crippen LogP contribution in [0.3, 0.4) is 0 Å². The van der Waals surface area contributed by atoms with Crippen molar-refractivity contribution in [3.8, 4) is 0 Å². The fourth-order valence-corrected chi connectivity index (χ4v) is 4.05. The summed E-state index contributed by atoms with van der Waals surface area (Å²) in [6.45, 7) is 2.76. The molecule has 0 atom stereocenters. The maximum atomic E-state index is 12.6. The van der Waals surface area contributed by atoms with Gasteiger partial charge >= 0.3 is 0 Å². The van der Waals surface area contributed by atoms with Gasteiger partial charge in [-0.25, -0.2) is 8.42 Å². The van der Waals surface area contributed by atoms with Gasteiger partial charge in [0.25, 0.3) is 10.0 Å². The summed E-state index contributed by atoms with van der Waals surface area (Å²) in [5, 5.41) is 0. The highest BCUT2D eigenvalue weighted by Gasteiger charge is 2.22. The highest BCUT2D eigenvalue weighted by Crippen LogP contribution is 2.25. The molecule has 1 heterocycles. The zero-order chi connectivity index (χ0) is 17.9. The Labute approximate surface area is 148 Å². The lowest BCUT2D eigenvalue weighted by Gasteiger charge is -2.17. The molecule has 2 aromatic rings. The van der Waals surface area contributed by atoms with Crippen molar-refractivity contribution in [3.63, 3.8) is 0 Å². The zero-order valence-electron chi connectivity index (χ0n) is 14.2. The molecule has 2 aromatic carbocycles. The van der Waals surface area contributed by atoms with E-state index in [1.807, 2.05) is 18.2 Å². The number of nitrogens with zero attached hydrogens (tertiary/aromatic N) is 1. The monoisotopic (exact) mass is 358 g/mol. The Hall–Kier alpha value is -2.34. The maximum absolute atomic E-state index is 12.6. The third-order valence-electron chi connectivity index (χ3n) is 4.26. The van der Waals surface area contributed by atoms with Crippen LogP contribution in [-0.4, -0.2) is 20.9 Å². The number of sulfonamides is 1. The van der Waals surface area contributed by atoms with E-state index in [0.717, 1.165) is 30.5 Å². The molecule has 0 aliphatic carbocycles. The molecule has 5 nitrogen and oxygen atoms in total.